The Morgan fingerprint density at radius 1 is 1.15 bits per heavy atom. The van der Waals surface area contributed by atoms with Gasteiger partial charge in [0.1, 0.15) is 0 Å². The van der Waals surface area contributed by atoms with Crippen molar-refractivity contribution in [2.75, 3.05) is 6.61 Å². The number of ether oxygens (including phenoxy) is 1. The van der Waals surface area contributed by atoms with E-state index in [1.54, 1.807) is 0 Å². The molecular formula is C18H35NO. The molecule has 0 heterocycles. The molecule has 2 nitrogen and oxygen atoms in total. The van der Waals surface area contributed by atoms with Gasteiger partial charge in [-0.1, -0.05) is 40.0 Å². The molecule has 2 fully saturated rings. The number of nitrogens with one attached hydrogen (secondary N) is 1. The summed E-state index contributed by atoms with van der Waals surface area (Å²) in [5.41, 5.74) is 0.345. The monoisotopic (exact) mass is 281 g/mol. The van der Waals surface area contributed by atoms with Crippen LogP contribution in [-0.2, 0) is 4.74 Å². The molecule has 2 saturated carbocycles. The molecule has 0 amide bonds. The van der Waals surface area contributed by atoms with Crippen LogP contribution in [0.5, 0.6) is 0 Å². The van der Waals surface area contributed by atoms with Crippen LogP contribution in [-0.4, -0.2) is 24.8 Å². The van der Waals surface area contributed by atoms with E-state index in [-0.39, 0.29) is 0 Å². The van der Waals surface area contributed by atoms with Gasteiger partial charge in [-0.05, 0) is 44.9 Å². The standard InChI is InChI=1S/C18H35NO/c1-5-15(14-11-9-8-10-12-14)19-16-13-17(20-7-3)18(16,4)6-2/h14-17,19H,5-13H2,1-4H3. The van der Waals surface area contributed by atoms with Crippen molar-refractivity contribution in [1.29, 1.82) is 0 Å². The van der Waals surface area contributed by atoms with Gasteiger partial charge in [0.15, 0.2) is 0 Å². The molecule has 0 aliphatic heterocycles. The third-order valence-corrected chi connectivity index (χ3v) is 6.18. The van der Waals surface area contributed by atoms with Gasteiger partial charge in [-0.2, -0.15) is 0 Å². The molecular weight excluding hydrogens is 246 g/mol. The summed E-state index contributed by atoms with van der Waals surface area (Å²) in [6.07, 6.45) is 11.4. The topological polar surface area (TPSA) is 21.3 Å². The van der Waals surface area contributed by atoms with Crippen LogP contribution in [0.1, 0.15) is 79.1 Å². The first-order valence-corrected chi connectivity index (χ1v) is 9.03. The van der Waals surface area contributed by atoms with Crippen molar-refractivity contribution in [2.45, 2.75) is 97.2 Å². The maximum absolute atomic E-state index is 5.94. The first-order chi connectivity index (χ1) is 9.65. The lowest BCUT2D eigenvalue weighted by atomic mass is 9.61. The summed E-state index contributed by atoms with van der Waals surface area (Å²) >= 11 is 0. The second-order valence-electron chi connectivity index (χ2n) is 7.17. The maximum atomic E-state index is 5.94. The van der Waals surface area contributed by atoms with Crippen LogP contribution in [0.25, 0.3) is 0 Å². The molecule has 1 N–H and O–H groups in total. The summed E-state index contributed by atoms with van der Waals surface area (Å²) in [6.45, 7) is 10.1. The minimum absolute atomic E-state index is 0.345. The first-order valence-electron chi connectivity index (χ1n) is 9.03. The summed E-state index contributed by atoms with van der Waals surface area (Å²) in [6, 6.07) is 1.39. The Morgan fingerprint density at radius 3 is 2.40 bits per heavy atom. The minimum Gasteiger partial charge on any atom is -0.378 e. The molecule has 2 aliphatic rings. The van der Waals surface area contributed by atoms with Gasteiger partial charge >= 0.3 is 0 Å². The largest absolute Gasteiger partial charge is 0.378 e. The summed E-state index contributed by atoms with van der Waals surface area (Å²) in [4.78, 5) is 0. The lowest BCUT2D eigenvalue weighted by Crippen LogP contribution is -2.64. The molecule has 0 aromatic heterocycles. The van der Waals surface area contributed by atoms with Crippen LogP contribution >= 0.6 is 0 Å². The summed E-state index contributed by atoms with van der Waals surface area (Å²) < 4.78 is 5.94. The number of hydrogen-bond acceptors (Lipinski definition) is 2. The SMILES string of the molecule is CCOC1CC(NC(CC)C2CCCCC2)C1(C)CC. The average Bonchev–Trinajstić information content (AvgIpc) is 2.50. The van der Waals surface area contributed by atoms with Crippen molar-refractivity contribution in [3.8, 4) is 0 Å². The molecule has 20 heavy (non-hydrogen) atoms. The van der Waals surface area contributed by atoms with Crippen molar-refractivity contribution in [3.05, 3.63) is 0 Å². The van der Waals surface area contributed by atoms with Gasteiger partial charge in [-0.25, -0.2) is 0 Å². The zero-order valence-corrected chi connectivity index (χ0v) is 14.1. The Labute approximate surface area is 126 Å². The van der Waals surface area contributed by atoms with E-state index in [1.807, 2.05) is 0 Å². The maximum Gasteiger partial charge on any atom is 0.0658 e. The molecule has 0 radical (unpaired) electrons. The summed E-state index contributed by atoms with van der Waals surface area (Å²) in [5.74, 6) is 0.918. The molecule has 0 aromatic rings. The van der Waals surface area contributed by atoms with Gasteiger partial charge in [0, 0.05) is 24.1 Å². The van der Waals surface area contributed by atoms with Gasteiger partial charge in [-0.3, -0.25) is 0 Å². The fourth-order valence-electron chi connectivity index (χ4n) is 4.39. The molecule has 0 aromatic carbocycles. The van der Waals surface area contributed by atoms with Gasteiger partial charge in [0.05, 0.1) is 6.10 Å². The van der Waals surface area contributed by atoms with E-state index >= 15 is 0 Å². The molecule has 4 atom stereocenters. The Kier molecular flexibility index (Phi) is 5.92. The quantitative estimate of drug-likeness (QED) is 0.740. The van der Waals surface area contributed by atoms with E-state index in [1.165, 1.54) is 51.4 Å². The molecule has 2 rings (SSSR count). The van der Waals surface area contributed by atoms with E-state index < -0.39 is 0 Å². The third-order valence-electron chi connectivity index (χ3n) is 6.18. The fraction of sp³-hybridized carbons (Fsp3) is 1.00. The fourth-order valence-corrected chi connectivity index (χ4v) is 4.39. The van der Waals surface area contributed by atoms with Crippen LogP contribution < -0.4 is 5.32 Å². The highest BCUT2D eigenvalue weighted by Crippen LogP contribution is 2.46. The Morgan fingerprint density at radius 2 is 1.85 bits per heavy atom. The van der Waals surface area contributed by atoms with Gasteiger partial charge in [-0.15, -0.1) is 0 Å². The van der Waals surface area contributed by atoms with E-state index in [9.17, 15) is 0 Å². The molecule has 0 saturated heterocycles. The second-order valence-corrected chi connectivity index (χ2v) is 7.17. The number of rotatable bonds is 7. The molecule has 0 bridgehead atoms. The van der Waals surface area contributed by atoms with Gasteiger partial charge < -0.3 is 10.1 Å². The van der Waals surface area contributed by atoms with E-state index in [0.717, 1.165) is 18.6 Å². The smallest absolute Gasteiger partial charge is 0.0658 e. The summed E-state index contributed by atoms with van der Waals surface area (Å²) in [7, 11) is 0. The average molecular weight is 281 g/mol. The zero-order chi connectivity index (χ0) is 14.6. The highest BCUT2D eigenvalue weighted by molar-refractivity contribution is 5.06. The Bertz CT molecular complexity index is 287. The molecule has 4 unspecified atom stereocenters. The molecule has 118 valence electrons. The van der Waals surface area contributed by atoms with E-state index in [0.29, 0.717) is 17.6 Å². The predicted molar refractivity (Wildman–Crippen MR) is 86.0 cm³/mol. The van der Waals surface area contributed by atoms with E-state index in [4.69, 9.17) is 4.74 Å². The van der Waals surface area contributed by atoms with Gasteiger partial charge in [0.2, 0.25) is 0 Å². The van der Waals surface area contributed by atoms with Crippen LogP contribution in [0, 0.1) is 11.3 Å². The van der Waals surface area contributed by atoms with Crippen LogP contribution in [0.2, 0.25) is 0 Å². The molecule has 2 heteroatoms. The zero-order valence-electron chi connectivity index (χ0n) is 14.1. The third kappa shape index (κ3) is 3.22. The van der Waals surface area contributed by atoms with Crippen molar-refractivity contribution >= 4 is 0 Å². The first kappa shape index (κ1) is 16.3. The van der Waals surface area contributed by atoms with Crippen LogP contribution in [0.3, 0.4) is 0 Å². The van der Waals surface area contributed by atoms with Crippen LogP contribution in [0.4, 0.5) is 0 Å². The summed E-state index contributed by atoms with van der Waals surface area (Å²) in [5, 5.41) is 4.02. The lowest BCUT2D eigenvalue weighted by molar-refractivity contribution is -0.129. The normalized spacial score (nSPS) is 36.6. The predicted octanol–water partition coefficient (Wildman–Crippen LogP) is 4.53. The molecule has 2 aliphatic carbocycles. The molecule has 0 spiro atoms. The van der Waals surface area contributed by atoms with Gasteiger partial charge in [0.25, 0.3) is 0 Å². The number of hydrogen-bond donors (Lipinski definition) is 1. The lowest BCUT2D eigenvalue weighted by Gasteiger charge is -2.55. The van der Waals surface area contributed by atoms with Crippen LogP contribution in [0.15, 0.2) is 0 Å². The highest BCUT2D eigenvalue weighted by atomic mass is 16.5. The van der Waals surface area contributed by atoms with Crippen molar-refractivity contribution in [2.24, 2.45) is 11.3 Å². The Hall–Kier alpha value is -0.0800. The van der Waals surface area contributed by atoms with Crippen molar-refractivity contribution in [3.63, 3.8) is 0 Å². The highest BCUT2D eigenvalue weighted by Gasteiger charge is 2.51. The van der Waals surface area contributed by atoms with Crippen molar-refractivity contribution in [1.82, 2.24) is 5.32 Å². The minimum atomic E-state index is 0.345. The Balaban J connectivity index is 1.91. The van der Waals surface area contributed by atoms with E-state index in [2.05, 4.69) is 33.0 Å². The van der Waals surface area contributed by atoms with Crippen molar-refractivity contribution < 1.29 is 4.74 Å². The second kappa shape index (κ2) is 7.26.